The highest BCUT2D eigenvalue weighted by Crippen LogP contribution is 2.26. The molecule has 0 fully saturated rings. The van der Waals surface area contributed by atoms with Crippen LogP contribution in [0.4, 0.5) is 11.4 Å². The van der Waals surface area contributed by atoms with Crippen molar-refractivity contribution in [2.24, 2.45) is 5.92 Å². The summed E-state index contributed by atoms with van der Waals surface area (Å²) in [5.74, 6) is 0.618. The zero-order valence-electron chi connectivity index (χ0n) is 12.9. The minimum absolute atomic E-state index is 0.223. The molecule has 0 aliphatic carbocycles. The topological polar surface area (TPSA) is 66.6 Å². The maximum atomic E-state index is 12.0. The van der Waals surface area contributed by atoms with Crippen molar-refractivity contribution in [3.8, 4) is 0 Å². The lowest BCUT2D eigenvalue weighted by Gasteiger charge is -2.23. The Hall–Kier alpha value is -1.27. The number of nitrogens with two attached hydrogens (primary N) is 1. The van der Waals surface area contributed by atoms with Crippen LogP contribution in [0.25, 0.3) is 0 Å². The summed E-state index contributed by atoms with van der Waals surface area (Å²) < 4.78 is 25.3. The summed E-state index contributed by atoms with van der Waals surface area (Å²) in [7, 11) is 1.55. The van der Waals surface area contributed by atoms with E-state index in [4.69, 9.17) is 5.73 Å². The number of nitrogen functional groups attached to an aromatic ring is 1. The third-order valence-electron chi connectivity index (χ3n) is 3.23. The first-order valence-corrected chi connectivity index (χ1v) is 8.13. The fourth-order valence-electron chi connectivity index (χ4n) is 1.82. The molecule has 1 aromatic carbocycles. The first kappa shape index (κ1) is 16.8. The van der Waals surface area contributed by atoms with Crippen molar-refractivity contribution in [2.45, 2.75) is 25.2 Å². The molecule has 114 valence electrons. The van der Waals surface area contributed by atoms with Crippen LogP contribution in [-0.4, -0.2) is 40.4 Å². The first-order chi connectivity index (χ1) is 9.16. The van der Waals surface area contributed by atoms with Gasteiger partial charge in [-0.05, 0) is 30.5 Å². The van der Waals surface area contributed by atoms with Gasteiger partial charge in [0.2, 0.25) is 10.0 Å². The highest BCUT2D eigenvalue weighted by atomic mass is 32.2. The van der Waals surface area contributed by atoms with Gasteiger partial charge in [0.05, 0.1) is 16.3 Å². The van der Waals surface area contributed by atoms with Crippen LogP contribution in [0.15, 0.2) is 23.1 Å². The van der Waals surface area contributed by atoms with Crippen molar-refractivity contribution < 1.29 is 8.42 Å². The summed E-state index contributed by atoms with van der Waals surface area (Å²) in [6, 6.07) is 4.90. The maximum Gasteiger partial charge on any atom is 0.242 e. The Morgan fingerprint density at radius 3 is 2.25 bits per heavy atom. The van der Waals surface area contributed by atoms with Gasteiger partial charge in [-0.2, -0.15) is 0 Å². The molecule has 0 saturated heterocycles. The maximum absolute atomic E-state index is 12.0. The van der Waals surface area contributed by atoms with E-state index in [1.54, 1.807) is 12.1 Å². The third-order valence-corrected chi connectivity index (χ3v) is 5.04. The monoisotopic (exact) mass is 299 g/mol. The van der Waals surface area contributed by atoms with Crippen LogP contribution >= 0.6 is 0 Å². The van der Waals surface area contributed by atoms with Crippen molar-refractivity contribution in [2.75, 3.05) is 38.3 Å². The Labute approximate surface area is 122 Å². The standard InChI is InChI=1S/C14H25N3O2S/c1-11(2)8-9-17(5)14-7-6-12(10-13(14)15)20(18,19)16(3)4/h6-7,10-11H,8-9,15H2,1-5H3. The number of rotatable bonds is 6. The minimum Gasteiger partial charge on any atom is -0.397 e. The Morgan fingerprint density at radius 1 is 1.20 bits per heavy atom. The summed E-state index contributed by atoms with van der Waals surface area (Å²) in [6.45, 7) is 5.23. The van der Waals surface area contributed by atoms with E-state index in [0.717, 1.165) is 18.7 Å². The zero-order chi connectivity index (χ0) is 15.5. The van der Waals surface area contributed by atoms with Gasteiger partial charge in [0.15, 0.2) is 0 Å². The molecular formula is C14H25N3O2S. The molecule has 0 atom stereocenters. The van der Waals surface area contributed by atoms with E-state index < -0.39 is 10.0 Å². The number of benzene rings is 1. The zero-order valence-corrected chi connectivity index (χ0v) is 13.7. The Kier molecular flexibility index (Phi) is 5.42. The molecule has 1 aromatic rings. The van der Waals surface area contributed by atoms with Gasteiger partial charge in [-0.1, -0.05) is 13.8 Å². The fourth-order valence-corrected chi connectivity index (χ4v) is 2.76. The number of anilines is 2. The van der Waals surface area contributed by atoms with Crippen LogP contribution in [-0.2, 0) is 10.0 Å². The molecule has 5 nitrogen and oxygen atoms in total. The van der Waals surface area contributed by atoms with Gasteiger partial charge < -0.3 is 10.6 Å². The van der Waals surface area contributed by atoms with Gasteiger partial charge in [0.25, 0.3) is 0 Å². The SMILES string of the molecule is CC(C)CCN(C)c1ccc(S(=O)(=O)N(C)C)cc1N. The lowest BCUT2D eigenvalue weighted by Crippen LogP contribution is -2.23. The van der Waals surface area contributed by atoms with Crippen LogP contribution in [0.2, 0.25) is 0 Å². The average molecular weight is 299 g/mol. The summed E-state index contributed by atoms with van der Waals surface area (Å²) in [4.78, 5) is 2.28. The first-order valence-electron chi connectivity index (χ1n) is 6.69. The highest BCUT2D eigenvalue weighted by molar-refractivity contribution is 7.89. The molecule has 0 bridgehead atoms. The Morgan fingerprint density at radius 2 is 1.80 bits per heavy atom. The van der Waals surface area contributed by atoms with Crippen LogP contribution in [0.3, 0.4) is 0 Å². The van der Waals surface area contributed by atoms with E-state index >= 15 is 0 Å². The second kappa shape index (κ2) is 6.45. The van der Waals surface area contributed by atoms with Gasteiger partial charge in [-0.15, -0.1) is 0 Å². The lowest BCUT2D eigenvalue weighted by molar-refractivity contribution is 0.521. The smallest absolute Gasteiger partial charge is 0.242 e. The molecule has 6 heteroatoms. The summed E-state index contributed by atoms with van der Waals surface area (Å²) >= 11 is 0. The second-order valence-corrected chi connectivity index (χ2v) is 7.76. The molecule has 0 amide bonds. The van der Waals surface area contributed by atoms with Crippen LogP contribution in [0.5, 0.6) is 0 Å². The van der Waals surface area contributed by atoms with Crippen molar-refractivity contribution in [3.63, 3.8) is 0 Å². The van der Waals surface area contributed by atoms with Gasteiger partial charge in [-0.3, -0.25) is 0 Å². The van der Waals surface area contributed by atoms with Gasteiger partial charge in [0, 0.05) is 27.7 Å². The lowest BCUT2D eigenvalue weighted by atomic mass is 10.1. The van der Waals surface area contributed by atoms with Crippen molar-refractivity contribution >= 4 is 21.4 Å². The van der Waals surface area contributed by atoms with E-state index in [-0.39, 0.29) is 4.90 Å². The molecule has 0 radical (unpaired) electrons. The highest BCUT2D eigenvalue weighted by Gasteiger charge is 2.18. The summed E-state index contributed by atoms with van der Waals surface area (Å²) in [6.07, 6.45) is 1.06. The summed E-state index contributed by atoms with van der Waals surface area (Å²) in [5, 5.41) is 0. The van der Waals surface area contributed by atoms with Crippen molar-refractivity contribution in [1.82, 2.24) is 4.31 Å². The third kappa shape index (κ3) is 3.86. The molecule has 0 aliphatic heterocycles. The largest absolute Gasteiger partial charge is 0.397 e. The van der Waals surface area contributed by atoms with Crippen LogP contribution in [0, 0.1) is 5.92 Å². The molecule has 0 aliphatic rings. The Bertz CT molecular complexity index is 554. The van der Waals surface area contributed by atoms with Crippen molar-refractivity contribution in [3.05, 3.63) is 18.2 Å². The number of nitrogens with zero attached hydrogens (tertiary/aromatic N) is 2. The fraction of sp³-hybridized carbons (Fsp3) is 0.571. The summed E-state index contributed by atoms with van der Waals surface area (Å²) in [5.41, 5.74) is 7.35. The molecule has 20 heavy (non-hydrogen) atoms. The van der Waals surface area contributed by atoms with Gasteiger partial charge in [0.1, 0.15) is 0 Å². The molecule has 0 unspecified atom stereocenters. The van der Waals surface area contributed by atoms with Gasteiger partial charge in [-0.25, -0.2) is 12.7 Å². The molecule has 0 heterocycles. The Balaban J connectivity index is 3.00. The predicted molar refractivity (Wildman–Crippen MR) is 84.5 cm³/mol. The van der Waals surface area contributed by atoms with Crippen molar-refractivity contribution in [1.29, 1.82) is 0 Å². The van der Waals surface area contributed by atoms with E-state index in [9.17, 15) is 8.42 Å². The second-order valence-electron chi connectivity index (χ2n) is 5.61. The van der Waals surface area contributed by atoms with Crippen LogP contribution < -0.4 is 10.6 Å². The van der Waals surface area contributed by atoms with E-state index in [1.807, 2.05) is 7.05 Å². The number of hydrogen-bond donors (Lipinski definition) is 1. The minimum atomic E-state index is -3.43. The normalized spacial score (nSPS) is 12.2. The molecule has 0 aromatic heterocycles. The number of hydrogen-bond acceptors (Lipinski definition) is 4. The molecule has 2 N–H and O–H groups in total. The molecule has 1 rings (SSSR count). The van der Waals surface area contributed by atoms with E-state index in [2.05, 4.69) is 18.7 Å². The number of sulfonamides is 1. The quantitative estimate of drug-likeness (QED) is 0.816. The average Bonchev–Trinajstić information content (AvgIpc) is 2.35. The molecule has 0 spiro atoms. The van der Waals surface area contributed by atoms with E-state index in [1.165, 1.54) is 24.5 Å². The van der Waals surface area contributed by atoms with Gasteiger partial charge >= 0.3 is 0 Å². The van der Waals surface area contributed by atoms with E-state index in [0.29, 0.717) is 11.6 Å². The predicted octanol–water partition coefficient (Wildman–Crippen LogP) is 2.00. The molecular weight excluding hydrogens is 274 g/mol. The van der Waals surface area contributed by atoms with Crippen LogP contribution in [0.1, 0.15) is 20.3 Å². The molecule has 0 saturated carbocycles.